The highest BCUT2D eigenvalue weighted by atomic mass is 16.4. The molecular weight excluding hydrogens is 282 g/mol. The Labute approximate surface area is 129 Å². The van der Waals surface area contributed by atoms with Crippen LogP contribution < -0.4 is 0 Å². The number of nitrogens with zero attached hydrogens (tertiary/aromatic N) is 1. The van der Waals surface area contributed by atoms with E-state index in [0.29, 0.717) is 31.2 Å². The number of carbonyl (C=O) groups is 3. The molecule has 4 aliphatic carbocycles. The fourth-order valence-electron chi connectivity index (χ4n) is 4.96. The van der Waals surface area contributed by atoms with Crippen molar-refractivity contribution in [2.45, 2.75) is 32.1 Å². The lowest BCUT2D eigenvalue weighted by Gasteiger charge is -2.37. The SMILES string of the molecule is O=C(O)CCCCCN1C(=O)[C@@H]2[C@H]3C=C[C@@H]([C@@H]4C[C@H]34)[C@H]2C1=O. The first-order valence-corrected chi connectivity index (χ1v) is 8.35. The second-order valence-corrected chi connectivity index (χ2v) is 7.19. The van der Waals surface area contributed by atoms with E-state index in [4.69, 9.17) is 5.11 Å². The van der Waals surface area contributed by atoms with Crippen molar-refractivity contribution >= 4 is 17.8 Å². The van der Waals surface area contributed by atoms with Gasteiger partial charge < -0.3 is 5.11 Å². The monoisotopic (exact) mass is 303 g/mol. The second-order valence-electron chi connectivity index (χ2n) is 7.19. The minimum atomic E-state index is -0.791. The van der Waals surface area contributed by atoms with E-state index in [1.165, 1.54) is 11.3 Å². The molecule has 1 saturated heterocycles. The van der Waals surface area contributed by atoms with E-state index in [0.717, 1.165) is 6.42 Å². The Morgan fingerprint density at radius 1 is 1.05 bits per heavy atom. The molecule has 0 aromatic rings. The highest BCUT2D eigenvalue weighted by Crippen LogP contribution is 2.65. The van der Waals surface area contributed by atoms with Gasteiger partial charge in [-0.1, -0.05) is 18.6 Å². The summed E-state index contributed by atoms with van der Waals surface area (Å²) in [6.45, 7) is 0.457. The maximum Gasteiger partial charge on any atom is 0.303 e. The van der Waals surface area contributed by atoms with Crippen LogP contribution in [-0.4, -0.2) is 34.3 Å². The van der Waals surface area contributed by atoms with Crippen LogP contribution >= 0.6 is 0 Å². The molecule has 1 heterocycles. The molecular formula is C17H21NO4. The molecule has 118 valence electrons. The normalized spacial score (nSPS) is 40.8. The summed E-state index contributed by atoms with van der Waals surface area (Å²) >= 11 is 0. The molecule has 0 unspecified atom stereocenters. The summed E-state index contributed by atoms with van der Waals surface area (Å²) in [6, 6.07) is 0. The summed E-state index contributed by atoms with van der Waals surface area (Å²) in [5.41, 5.74) is 0. The molecule has 0 aromatic heterocycles. The van der Waals surface area contributed by atoms with Crippen LogP contribution in [0.4, 0.5) is 0 Å². The molecule has 0 spiro atoms. The van der Waals surface area contributed by atoms with Crippen molar-refractivity contribution < 1.29 is 19.5 Å². The maximum atomic E-state index is 12.7. The predicted octanol–water partition coefficient (Wildman–Crippen LogP) is 1.68. The van der Waals surface area contributed by atoms with Crippen LogP contribution in [0.25, 0.3) is 0 Å². The van der Waals surface area contributed by atoms with Gasteiger partial charge in [-0.05, 0) is 42.9 Å². The van der Waals surface area contributed by atoms with Gasteiger partial charge in [-0.15, -0.1) is 0 Å². The lowest BCUT2D eigenvalue weighted by Crippen LogP contribution is -2.40. The largest absolute Gasteiger partial charge is 0.481 e. The van der Waals surface area contributed by atoms with Crippen LogP contribution in [0.5, 0.6) is 0 Å². The van der Waals surface area contributed by atoms with Crippen molar-refractivity contribution in [3.63, 3.8) is 0 Å². The molecule has 1 aliphatic heterocycles. The third-order valence-corrected chi connectivity index (χ3v) is 6.03. The summed E-state index contributed by atoms with van der Waals surface area (Å²) in [5.74, 6) is 0.904. The van der Waals surface area contributed by atoms with Gasteiger partial charge in [-0.25, -0.2) is 0 Å². The molecule has 5 nitrogen and oxygen atoms in total. The number of hydrogen-bond donors (Lipinski definition) is 1. The van der Waals surface area contributed by atoms with E-state index in [1.54, 1.807) is 0 Å². The highest BCUT2D eigenvalue weighted by Gasteiger charge is 2.66. The molecule has 2 saturated carbocycles. The zero-order valence-electron chi connectivity index (χ0n) is 12.5. The van der Waals surface area contributed by atoms with Gasteiger partial charge in [0.1, 0.15) is 0 Å². The number of allylic oxidation sites excluding steroid dienone is 2. The minimum absolute atomic E-state index is 0.0259. The van der Waals surface area contributed by atoms with Crippen LogP contribution in [0.2, 0.25) is 0 Å². The summed E-state index contributed by atoms with van der Waals surface area (Å²) in [6.07, 6.45) is 7.77. The van der Waals surface area contributed by atoms with Gasteiger partial charge in [0.05, 0.1) is 11.8 Å². The smallest absolute Gasteiger partial charge is 0.303 e. The van der Waals surface area contributed by atoms with Crippen molar-refractivity contribution in [3.8, 4) is 0 Å². The number of hydrogen-bond acceptors (Lipinski definition) is 3. The van der Waals surface area contributed by atoms with Crippen LogP contribution in [-0.2, 0) is 14.4 Å². The average Bonchev–Trinajstić information content (AvgIpc) is 3.26. The second kappa shape index (κ2) is 4.93. The van der Waals surface area contributed by atoms with Gasteiger partial charge in [-0.3, -0.25) is 19.3 Å². The van der Waals surface area contributed by atoms with E-state index in [-0.39, 0.29) is 41.9 Å². The van der Waals surface area contributed by atoms with Crippen LogP contribution in [0.15, 0.2) is 12.2 Å². The zero-order chi connectivity index (χ0) is 15.4. The summed E-state index contributed by atoms with van der Waals surface area (Å²) < 4.78 is 0. The average molecular weight is 303 g/mol. The van der Waals surface area contributed by atoms with Crippen molar-refractivity contribution in [1.82, 2.24) is 4.90 Å². The first-order valence-electron chi connectivity index (χ1n) is 8.35. The van der Waals surface area contributed by atoms with E-state index >= 15 is 0 Å². The van der Waals surface area contributed by atoms with Gasteiger partial charge in [0, 0.05) is 13.0 Å². The number of imide groups is 1. The van der Waals surface area contributed by atoms with Crippen molar-refractivity contribution in [3.05, 3.63) is 12.2 Å². The number of aliphatic carboxylic acids is 1. The van der Waals surface area contributed by atoms with Gasteiger partial charge >= 0.3 is 5.97 Å². The highest BCUT2D eigenvalue weighted by molar-refractivity contribution is 6.06. The van der Waals surface area contributed by atoms with Crippen molar-refractivity contribution in [2.75, 3.05) is 6.54 Å². The topological polar surface area (TPSA) is 74.7 Å². The van der Waals surface area contributed by atoms with Gasteiger partial charge in [0.2, 0.25) is 11.8 Å². The Hall–Kier alpha value is -1.65. The Balaban J connectivity index is 1.39. The fourth-order valence-corrected chi connectivity index (χ4v) is 4.96. The van der Waals surface area contributed by atoms with E-state index in [2.05, 4.69) is 12.2 Å². The minimum Gasteiger partial charge on any atom is -0.481 e. The molecule has 2 bridgehead atoms. The van der Waals surface area contributed by atoms with Gasteiger partial charge in [0.25, 0.3) is 0 Å². The molecule has 22 heavy (non-hydrogen) atoms. The standard InChI is InChI=1S/C17H21NO4/c19-13(20)4-2-1-3-7-18-16(21)14-9-5-6-10(12-8-11(9)12)15(14)17(18)22/h5-6,9-12,14-15H,1-4,7-8H2,(H,19,20)/t9-,10-,11-,12+,14+,15+/m0/s1. The molecule has 6 atom stereocenters. The van der Waals surface area contributed by atoms with Crippen molar-refractivity contribution in [2.24, 2.45) is 35.5 Å². The molecule has 0 aromatic carbocycles. The fraction of sp³-hybridized carbons (Fsp3) is 0.706. The third kappa shape index (κ3) is 1.94. The Kier molecular flexibility index (Phi) is 3.13. The Morgan fingerprint density at radius 3 is 2.18 bits per heavy atom. The first-order chi connectivity index (χ1) is 10.6. The van der Waals surface area contributed by atoms with Crippen LogP contribution in [0.1, 0.15) is 32.1 Å². The summed E-state index contributed by atoms with van der Waals surface area (Å²) in [7, 11) is 0. The van der Waals surface area contributed by atoms with E-state index in [1.807, 2.05) is 0 Å². The lowest BCUT2D eigenvalue weighted by molar-refractivity contribution is -0.141. The third-order valence-electron chi connectivity index (χ3n) is 6.03. The van der Waals surface area contributed by atoms with Crippen molar-refractivity contribution in [1.29, 1.82) is 0 Å². The van der Waals surface area contributed by atoms with E-state index in [9.17, 15) is 14.4 Å². The zero-order valence-corrected chi connectivity index (χ0v) is 12.5. The van der Waals surface area contributed by atoms with E-state index < -0.39 is 5.97 Å². The van der Waals surface area contributed by atoms with Gasteiger partial charge in [-0.2, -0.15) is 0 Å². The number of likely N-dealkylation sites (tertiary alicyclic amines) is 1. The number of carboxylic acids is 1. The molecule has 2 amide bonds. The Bertz CT molecular complexity index is 533. The molecule has 5 rings (SSSR count). The van der Waals surface area contributed by atoms with Crippen LogP contribution in [0.3, 0.4) is 0 Å². The molecule has 3 fully saturated rings. The molecule has 0 radical (unpaired) electrons. The molecule has 5 heteroatoms. The number of amides is 2. The summed E-state index contributed by atoms with van der Waals surface area (Å²) in [4.78, 5) is 37.3. The number of carbonyl (C=O) groups excluding carboxylic acids is 2. The Morgan fingerprint density at radius 2 is 1.64 bits per heavy atom. The number of carboxylic acid groups (broad SMARTS) is 1. The molecule has 5 aliphatic rings. The summed E-state index contributed by atoms with van der Waals surface area (Å²) in [5, 5.41) is 8.62. The predicted molar refractivity (Wildman–Crippen MR) is 77.5 cm³/mol. The maximum absolute atomic E-state index is 12.7. The lowest BCUT2D eigenvalue weighted by atomic mass is 9.63. The first kappa shape index (κ1) is 14.0. The number of unbranched alkanes of at least 4 members (excludes halogenated alkanes) is 2. The quantitative estimate of drug-likeness (QED) is 0.460. The number of rotatable bonds is 6. The van der Waals surface area contributed by atoms with Gasteiger partial charge in [0.15, 0.2) is 0 Å². The molecule has 1 N–H and O–H groups in total. The van der Waals surface area contributed by atoms with Crippen LogP contribution in [0, 0.1) is 35.5 Å².